The second-order valence-corrected chi connectivity index (χ2v) is 10.6. The van der Waals surface area contributed by atoms with Crippen LogP contribution in [0.4, 0.5) is 8.78 Å². The Balaban J connectivity index is 1.24. The number of nitrogens with zero attached hydrogens (tertiary/aromatic N) is 3. The second kappa shape index (κ2) is 15.2. The summed E-state index contributed by atoms with van der Waals surface area (Å²) in [5.41, 5.74) is 5.25. The van der Waals surface area contributed by atoms with Gasteiger partial charge in [-0.05, 0) is 59.0 Å². The summed E-state index contributed by atoms with van der Waals surface area (Å²) in [7, 11) is 0. The molecular formula is C38H37F2N3O. The second-order valence-electron chi connectivity index (χ2n) is 10.6. The molecule has 0 spiro atoms. The van der Waals surface area contributed by atoms with Gasteiger partial charge >= 0.3 is 0 Å². The fourth-order valence-corrected chi connectivity index (χ4v) is 5.64. The zero-order chi connectivity index (χ0) is 30.7. The number of hydrazine groups is 1. The topological polar surface area (TPSA) is 26.8 Å². The van der Waals surface area contributed by atoms with E-state index in [1.54, 1.807) is 41.4 Å². The molecule has 44 heavy (non-hydrogen) atoms. The van der Waals surface area contributed by atoms with Crippen LogP contribution in [0.25, 0.3) is 5.57 Å². The highest BCUT2D eigenvalue weighted by molar-refractivity contribution is 5.87. The Kier molecular flexibility index (Phi) is 10.6. The van der Waals surface area contributed by atoms with Crippen LogP contribution in [0.15, 0.2) is 140 Å². The average molecular weight is 590 g/mol. The molecule has 4 nitrogen and oxygen atoms in total. The Morgan fingerprint density at radius 2 is 1.20 bits per heavy atom. The van der Waals surface area contributed by atoms with E-state index in [1.807, 2.05) is 55.5 Å². The SMILES string of the molecule is CCN(C(=O)C=CC=CC=C(c1ccccc1)c1ccccc1)N1CCN(C(c2ccc(F)cc2)c2ccc(F)cc2)CC1. The van der Waals surface area contributed by atoms with Gasteiger partial charge in [-0.3, -0.25) is 14.7 Å². The lowest BCUT2D eigenvalue weighted by Gasteiger charge is -2.43. The first-order valence-corrected chi connectivity index (χ1v) is 15.0. The molecule has 1 heterocycles. The summed E-state index contributed by atoms with van der Waals surface area (Å²) in [6.07, 6.45) is 9.29. The van der Waals surface area contributed by atoms with Gasteiger partial charge in [0.1, 0.15) is 11.6 Å². The predicted octanol–water partition coefficient (Wildman–Crippen LogP) is 7.68. The Morgan fingerprint density at radius 1 is 0.705 bits per heavy atom. The van der Waals surface area contributed by atoms with E-state index in [0.717, 1.165) is 27.8 Å². The Bertz CT molecular complexity index is 1490. The van der Waals surface area contributed by atoms with Crippen molar-refractivity contribution in [3.63, 3.8) is 0 Å². The first-order chi connectivity index (χ1) is 21.5. The fourth-order valence-electron chi connectivity index (χ4n) is 5.64. The number of hydrogen-bond acceptors (Lipinski definition) is 3. The maximum absolute atomic E-state index is 13.7. The predicted molar refractivity (Wildman–Crippen MR) is 173 cm³/mol. The molecule has 4 aromatic carbocycles. The number of rotatable bonds is 10. The van der Waals surface area contributed by atoms with Crippen molar-refractivity contribution in [3.05, 3.63) is 173 Å². The van der Waals surface area contributed by atoms with Crippen molar-refractivity contribution in [2.75, 3.05) is 32.7 Å². The molecule has 6 heteroatoms. The highest BCUT2D eigenvalue weighted by Gasteiger charge is 2.29. The number of amides is 1. The average Bonchev–Trinajstić information content (AvgIpc) is 3.06. The smallest absolute Gasteiger partial charge is 0.260 e. The fraction of sp³-hybridized carbons (Fsp3) is 0.184. The summed E-state index contributed by atoms with van der Waals surface area (Å²) in [6, 6.07) is 33.3. The van der Waals surface area contributed by atoms with Crippen LogP contribution in [0.2, 0.25) is 0 Å². The molecule has 5 rings (SSSR count). The van der Waals surface area contributed by atoms with Crippen LogP contribution in [-0.2, 0) is 4.79 Å². The summed E-state index contributed by atoms with van der Waals surface area (Å²) >= 11 is 0. The van der Waals surface area contributed by atoms with Crippen LogP contribution in [0.5, 0.6) is 0 Å². The summed E-state index contributed by atoms with van der Waals surface area (Å²) in [5, 5.41) is 3.86. The number of carbonyl (C=O) groups excluding carboxylic acids is 1. The molecule has 0 aromatic heterocycles. The number of halogens is 2. The Labute approximate surface area is 258 Å². The molecule has 0 unspecified atom stereocenters. The quantitative estimate of drug-likeness (QED) is 0.140. The molecule has 1 aliphatic rings. The summed E-state index contributed by atoms with van der Waals surface area (Å²) in [5.74, 6) is -0.657. The molecule has 224 valence electrons. The van der Waals surface area contributed by atoms with E-state index in [4.69, 9.17) is 0 Å². The van der Waals surface area contributed by atoms with Gasteiger partial charge in [-0.25, -0.2) is 13.8 Å². The van der Waals surface area contributed by atoms with Crippen molar-refractivity contribution in [2.45, 2.75) is 13.0 Å². The van der Waals surface area contributed by atoms with Crippen molar-refractivity contribution in [2.24, 2.45) is 0 Å². The number of likely N-dealkylation sites (N-methyl/N-ethyl adjacent to an activating group) is 1. The molecule has 0 atom stereocenters. The van der Waals surface area contributed by atoms with Crippen molar-refractivity contribution in [1.82, 2.24) is 14.9 Å². The minimum absolute atomic E-state index is 0.0745. The summed E-state index contributed by atoms with van der Waals surface area (Å²) < 4.78 is 27.4. The zero-order valence-electron chi connectivity index (χ0n) is 24.9. The first-order valence-electron chi connectivity index (χ1n) is 15.0. The number of allylic oxidation sites excluding steroid dienone is 4. The minimum atomic E-state index is -0.291. The maximum atomic E-state index is 13.7. The largest absolute Gasteiger partial charge is 0.290 e. The monoisotopic (exact) mass is 589 g/mol. The van der Waals surface area contributed by atoms with E-state index < -0.39 is 0 Å². The third-order valence-electron chi connectivity index (χ3n) is 7.82. The third kappa shape index (κ3) is 7.84. The van der Waals surface area contributed by atoms with E-state index in [1.165, 1.54) is 24.3 Å². The lowest BCUT2D eigenvalue weighted by atomic mass is 9.96. The molecule has 4 aromatic rings. The zero-order valence-corrected chi connectivity index (χ0v) is 24.9. The molecule has 0 bridgehead atoms. The van der Waals surface area contributed by atoms with Gasteiger partial charge in [0.15, 0.2) is 0 Å². The maximum Gasteiger partial charge on any atom is 0.260 e. The molecule has 1 aliphatic heterocycles. The molecule has 0 N–H and O–H groups in total. The summed E-state index contributed by atoms with van der Waals surface area (Å²) in [6.45, 7) is 5.23. The van der Waals surface area contributed by atoms with Gasteiger partial charge in [0.25, 0.3) is 5.91 Å². The van der Waals surface area contributed by atoms with Gasteiger partial charge in [-0.1, -0.05) is 109 Å². The van der Waals surface area contributed by atoms with E-state index >= 15 is 0 Å². The van der Waals surface area contributed by atoms with Crippen LogP contribution < -0.4 is 0 Å². The number of piperazine rings is 1. The van der Waals surface area contributed by atoms with Crippen molar-refractivity contribution in [3.8, 4) is 0 Å². The minimum Gasteiger partial charge on any atom is -0.290 e. The molecule has 0 radical (unpaired) electrons. The molecule has 1 fully saturated rings. The lowest BCUT2D eigenvalue weighted by molar-refractivity contribution is -0.146. The highest BCUT2D eigenvalue weighted by Crippen LogP contribution is 2.30. The molecule has 1 saturated heterocycles. The van der Waals surface area contributed by atoms with E-state index in [2.05, 4.69) is 40.3 Å². The highest BCUT2D eigenvalue weighted by atomic mass is 19.1. The standard InChI is InChI=1S/C38H37F2N3O/c1-2-43(37(44)17-11-5-10-16-36(30-12-6-3-7-13-30)31-14-8-4-9-15-31)42-28-26-41(27-29-42)38(32-18-22-34(39)23-19-32)33-20-24-35(40)25-21-33/h3-25,38H,2,26-29H2,1H3. The molecule has 0 saturated carbocycles. The van der Waals surface area contributed by atoms with Crippen LogP contribution in [0, 0.1) is 11.6 Å². The van der Waals surface area contributed by atoms with Crippen molar-refractivity contribution in [1.29, 1.82) is 0 Å². The van der Waals surface area contributed by atoms with Crippen molar-refractivity contribution >= 4 is 11.5 Å². The molecule has 0 aliphatic carbocycles. The molecule has 1 amide bonds. The number of carbonyl (C=O) groups is 1. The normalized spacial score (nSPS) is 14.4. The first kappa shape index (κ1) is 30.8. The van der Waals surface area contributed by atoms with Gasteiger partial charge in [0, 0.05) is 38.8 Å². The summed E-state index contributed by atoms with van der Waals surface area (Å²) in [4.78, 5) is 15.5. The Morgan fingerprint density at radius 3 is 1.68 bits per heavy atom. The number of benzene rings is 4. The number of hydrogen-bond donors (Lipinski definition) is 0. The van der Waals surface area contributed by atoms with Crippen LogP contribution in [0.1, 0.15) is 35.2 Å². The van der Waals surface area contributed by atoms with Gasteiger partial charge in [0.05, 0.1) is 6.04 Å². The van der Waals surface area contributed by atoms with Crippen molar-refractivity contribution < 1.29 is 13.6 Å². The van der Waals surface area contributed by atoms with Crippen LogP contribution >= 0.6 is 0 Å². The van der Waals surface area contributed by atoms with Gasteiger partial charge in [-0.15, -0.1) is 0 Å². The van der Waals surface area contributed by atoms with Gasteiger partial charge < -0.3 is 0 Å². The van der Waals surface area contributed by atoms with Crippen LogP contribution in [-0.4, -0.2) is 53.5 Å². The Hall–Kier alpha value is -4.65. The third-order valence-corrected chi connectivity index (χ3v) is 7.82. The molecular weight excluding hydrogens is 552 g/mol. The van der Waals surface area contributed by atoms with Gasteiger partial charge in [0.2, 0.25) is 0 Å². The lowest BCUT2D eigenvalue weighted by Crippen LogP contribution is -2.55. The van der Waals surface area contributed by atoms with Crippen LogP contribution in [0.3, 0.4) is 0 Å². The van der Waals surface area contributed by atoms with E-state index in [9.17, 15) is 13.6 Å². The van der Waals surface area contributed by atoms with Gasteiger partial charge in [-0.2, -0.15) is 0 Å². The van der Waals surface area contributed by atoms with E-state index in [-0.39, 0.29) is 23.6 Å². The van der Waals surface area contributed by atoms with E-state index in [0.29, 0.717) is 32.7 Å².